The number of hydrogen-bond donors (Lipinski definition) is 1. The van der Waals surface area contributed by atoms with Crippen LogP contribution in [0.4, 0.5) is 16.5 Å². The molecule has 0 saturated heterocycles. The summed E-state index contributed by atoms with van der Waals surface area (Å²) in [5.74, 6) is -0.540. The van der Waals surface area contributed by atoms with Gasteiger partial charge in [-0.1, -0.05) is 17.7 Å². The Kier molecular flexibility index (Phi) is 5.69. The molecule has 0 atom stereocenters. The van der Waals surface area contributed by atoms with Crippen LogP contribution in [0.15, 0.2) is 29.6 Å². The number of rotatable bonds is 7. The van der Waals surface area contributed by atoms with Gasteiger partial charge in [-0.05, 0) is 32.9 Å². The van der Waals surface area contributed by atoms with E-state index in [0.717, 1.165) is 5.69 Å². The van der Waals surface area contributed by atoms with Crippen LogP contribution in [0.2, 0.25) is 0 Å². The highest BCUT2D eigenvalue weighted by Gasteiger charge is 2.23. The Hall–Kier alpha value is -3.27. The summed E-state index contributed by atoms with van der Waals surface area (Å²) >= 11 is 1.41. The Bertz CT molecular complexity index is 1010. The van der Waals surface area contributed by atoms with E-state index in [1.807, 2.05) is 31.2 Å². The van der Waals surface area contributed by atoms with Crippen LogP contribution in [-0.2, 0) is 22.7 Å². The highest BCUT2D eigenvalue weighted by molar-refractivity contribution is 7.13. The van der Waals surface area contributed by atoms with E-state index >= 15 is 0 Å². The van der Waals surface area contributed by atoms with Crippen LogP contribution in [0.1, 0.15) is 22.6 Å². The van der Waals surface area contributed by atoms with Crippen molar-refractivity contribution in [2.75, 3.05) is 5.32 Å². The second kappa shape index (κ2) is 8.17. The van der Waals surface area contributed by atoms with E-state index in [2.05, 4.69) is 15.4 Å². The molecule has 0 fully saturated rings. The molecular weight excluding hydrogens is 382 g/mol. The minimum atomic E-state index is -0.540. The molecule has 9 nitrogen and oxygen atoms in total. The number of ether oxygens (including phenoxy) is 1. The first-order valence-electron chi connectivity index (χ1n) is 8.45. The van der Waals surface area contributed by atoms with Crippen molar-refractivity contribution in [1.29, 1.82) is 0 Å². The lowest BCUT2D eigenvalue weighted by molar-refractivity contribution is -0.386. The van der Waals surface area contributed by atoms with Gasteiger partial charge in [0.25, 0.3) is 0 Å². The number of aryl methyl sites for hydroxylation is 2. The summed E-state index contributed by atoms with van der Waals surface area (Å²) < 4.78 is 6.50. The summed E-state index contributed by atoms with van der Waals surface area (Å²) in [5.41, 5.74) is 3.21. The molecule has 0 unspecified atom stereocenters. The predicted molar refractivity (Wildman–Crippen MR) is 105 cm³/mol. The van der Waals surface area contributed by atoms with Gasteiger partial charge in [0.2, 0.25) is 0 Å². The van der Waals surface area contributed by atoms with Gasteiger partial charge in [0.1, 0.15) is 24.5 Å². The summed E-state index contributed by atoms with van der Waals surface area (Å²) in [7, 11) is 0. The lowest BCUT2D eigenvalue weighted by Gasteiger charge is -2.05. The van der Waals surface area contributed by atoms with Crippen molar-refractivity contribution >= 4 is 33.8 Å². The molecule has 2 aromatic heterocycles. The average Bonchev–Trinajstić information content (AvgIpc) is 3.19. The van der Waals surface area contributed by atoms with Gasteiger partial charge in [0.15, 0.2) is 5.13 Å². The Morgan fingerprint density at radius 3 is 2.64 bits per heavy atom. The van der Waals surface area contributed by atoms with Gasteiger partial charge in [-0.15, -0.1) is 11.3 Å². The van der Waals surface area contributed by atoms with E-state index < -0.39 is 10.9 Å². The van der Waals surface area contributed by atoms with Gasteiger partial charge >= 0.3 is 11.7 Å². The molecule has 0 amide bonds. The molecule has 0 spiro atoms. The van der Waals surface area contributed by atoms with Gasteiger partial charge in [-0.25, -0.2) is 4.98 Å². The largest absolute Gasteiger partial charge is 0.458 e. The van der Waals surface area contributed by atoms with Crippen LogP contribution >= 0.6 is 11.3 Å². The molecular formula is C18H19N5O4S. The average molecular weight is 401 g/mol. The van der Waals surface area contributed by atoms with Crippen LogP contribution in [0.5, 0.6) is 0 Å². The molecule has 0 aliphatic heterocycles. The summed E-state index contributed by atoms with van der Waals surface area (Å²) in [6, 6.07) is 7.93. The normalized spacial score (nSPS) is 10.7. The number of nitro groups is 1. The van der Waals surface area contributed by atoms with E-state index in [0.29, 0.717) is 16.5 Å². The summed E-state index contributed by atoms with van der Waals surface area (Å²) in [4.78, 5) is 27.0. The first kappa shape index (κ1) is 19.5. The Morgan fingerprint density at radius 1 is 1.29 bits per heavy atom. The minimum absolute atomic E-state index is 0.0201. The zero-order chi connectivity index (χ0) is 20.3. The summed E-state index contributed by atoms with van der Waals surface area (Å²) in [6.45, 7) is 4.93. The van der Waals surface area contributed by atoms with E-state index in [4.69, 9.17) is 4.74 Å². The molecule has 0 radical (unpaired) electrons. The lowest BCUT2D eigenvalue weighted by Crippen LogP contribution is -2.15. The molecule has 28 heavy (non-hydrogen) atoms. The Balaban J connectivity index is 1.55. The van der Waals surface area contributed by atoms with E-state index in [1.54, 1.807) is 12.3 Å². The molecule has 146 valence electrons. The third-order valence-electron chi connectivity index (χ3n) is 4.04. The maximum Gasteiger partial charge on any atom is 0.328 e. The summed E-state index contributed by atoms with van der Waals surface area (Å²) in [6.07, 6.45) is 0. The van der Waals surface area contributed by atoms with Crippen LogP contribution in [0.3, 0.4) is 0 Å². The zero-order valence-corrected chi connectivity index (χ0v) is 16.4. The fraction of sp³-hybridized carbons (Fsp3) is 0.278. The van der Waals surface area contributed by atoms with E-state index in [1.165, 1.54) is 28.5 Å². The first-order chi connectivity index (χ1) is 13.3. The molecule has 3 rings (SSSR count). The second-order valence-corrected chi connectivity index (χ2v) is 7.09. The second-order valence-electron chi connectivity index (χ2n) is 6.23. The fourth-order valence-electron chi connectivity index (χ4n) is 2.62. The molecule has 1 aromatic carbocycles. The topological polar surface area (TPSA) is 112 Å². The maximum absolute atomic E-state index is 12.1. The molecule has 3 aromatic rings. The van der Waals surface area contributed by atoms with Crippen molar-refractivity contribution in [2.24, 2.45) is 0 Å². The first-order valence-corrected chi connectivity index (χ1v) is 9.33. The van der Waals surface area contributed by atoms with Gasteiger partial charge < -0.3 is 10.1 Å². The van der Waals surface area contributed by atoms with E-state index in [9.17, 15) is 14.9 Å². The number of carbonyl (C=O) groups excluding carboxylic acids is 1. The number of nitrogens with zero attached hydrogens (tertiary/aromatic N) is 4. The van der Waals surface area contributed by atoms with Gasteiger partial charge in [0.05, 0.1) is 10.6 Å². The molecule has 2 heterocycles. The van der Waals surface area contributed by atoms with Crippen molar-refractivity contribution in [1.82, 2.24) is 14.8 Å². The molecule has 1 N–H and O–H groups in total. The van der Waals surface area contributed by atoms with Crippen molar-refractivity contribution in [3.8, 4) is 0 Å². The maximum atomic E-state index is 12.1. The predicted octanol–water partition coefficient (Wildman–Crippen LogP) is 3.66. The number of hydrogen-bond acceptors (Lipinski definition) is 8. The van der Waals surface area contributed by atoms with Crippen molar-refractivity contribution < 1.29 is 14.5 Å². The third kappa shape index (κ3) is 4.52. The van der Waals surface area contributed by atoms with Gasteiger partial charge in [-0.2, -0.15) is 5.10 Å². The van der Waals surface area contributed by atoms with Crippen LogP contribution in [0, 0.1) is 30.9 Å². The number of nitrogens with one attached hydrogen (secondary N) is 1. The molecule has 0 bridgehead atoms. The summed E-state index contributed by atoms with van der Waals surface area (Å²) in [5, 5.41) is 20.8. The molecule has 0 saturated carbocycles. The van der Waals surface area contributed by atoms with Crippen molar-refractivity contribution in [3.05, 3.63) is 62.4 Å². The van der Waals surface area contributed by atoms with Crippen LogP contribution in [0.25, 0.3) is 0 Å². The van der Waals surface area contributed by atoms with Crippen molar-refractivity contribution in [2.45, 2.75) is 33.9 Å². The minimum Gasteiger partial charge on any atom is -0.458 e. The van der Waals surface area contributed by atoms with E-state index in [-0.39, 0.29) is 24.5 Å². The molecule has 0 aliphatic carbocycles. The van der Waals surface area contributed by atoms with Crippen LogP contribution < -0.4 is 5.32 Å². The van der Waals surface area contributed by atoms with Gasteiger partial charge in [-0.3, -0.25) is 19.6 Å². The van der Waals surface area contributed by atoms with Gasteiger partial charge in [0, 0.05) is 11.1 Å². The highest BCUT2D eigenvalue weighted by atomic mass is 32.1. The lowest BCUT2D eigenvalue weighted by atomic mass is 10.2. The quantitative estimate of drug-likeness (QED) is 0.365. The number of thiazole rings is 1. The standard InChI is InChI=1S/C18H19N5O4S/c1-11-4-6-14(7-5-11)19-18-20-15(10-28-18)9-27-16(24)8-22-13(3)17(23(25)26)12(2)21-22/h4-7,10H,8-9H2,1-3H3,(H,19,20). The zero-order valence-electron chi connectivity index (χ0n) is 15.6. The fourth-order valence-corrected chi connectivity index (χ4v) is 3.33. The third-order valence-corrected chi connectivity index (χ3v) is 4.85. The molecule has 0 aliphatic rings. The van der Waals surface area contributed by atoms with Crippen LogP contribution in [-0.4, -0.2) is 25.7 Å². The smallest absolute Gasteiger partial charge is 0.328 e. The Labute approximate surface area is 165 Å². The number of anilines is 2. The number of aromatic nitrogens is 3. The number of carbonyl (C=O) groups is 1. The molecule has 10 heteroatoms. The van der Waals surface area contributed by atoms with Crippen molar-refractivity contribution in [3.63, 3.8) is 0 Å². The Morgan fingerprint density at radius 2 is 2.00 bits per heavy atom. The number of esters is 1. The highest BCUT2D eigenvalue weighted by Crippen LogP contribution is 2.23. The monoisotopic (exact) mass is 401 g/mol. The SMILES string of the molecule is Cc1ccc(Nc2nc(COC(=O)Cn3nc(C)c([N+](=O)[O-])c3C)cs2)cc1. The number of benzene rings is 1.